The van der Waals surface area contributed by atoms with E-state index in [1.807, 2.05) is 0 Å². The van der Waals surface area contributed by atoms with Gasteiger partial charge in [0, 0.05) is 11.8 Å². The second-order valence-electron chi connectivity index (χ2n) is 5.71. The predicted octanol–water partition coefficient (Wildman–Crippen LogP) is 1.59. The van der Waals surface area contributed by atoms with Crippen LogP contribution in [-0.2, 0) is 11.3 Å². The molecule has 7 nitrogen and oxygen atoms in total. The molecule has 0 atom stereocenters. The van der Waals surface area contributed by atoms with Gasteiger partial charge in [-0.15, -0.1) is 0 Å². The van der Waals surface area contributed by atoms with Crippen LogP contribution in [-0.4, -0.2) is 41.5 Å². The van der Waals surface area contributed by atoms with Crippen LogP contribution in [0.1, 0.15) is 15.9 Å². The van der Waals surface area contributed by atoms with Crippen LogP contribution in [0.25, 0.3) is 0 Å². The van der Waals surface area contributed by atoms with Gasteiger partial charge in [-0.3, -0.25) is 9.59 Å². The zero-order chi connectivity index (χ0) is 17.4. The Morgan fingerprint density at radius 2 is 2.20 bits per heavy atom. The molecular formula is C17H14FN3O4. The molecule has 0 spiro atoms. The molecule has 1 aromatic carbocycles. The highest BCUT2D eigenvalue weighted by Crippen LogP contribution is 2.28. The second-order valence-corrected chi connectivity index (χ2v) is 5.71. The molecule has 8 heteroatoms. The van der Waals surface area contributed by atoms with E-state index in [4.69, 9.17) is 9.47 Å². The van der Waals surface area contributed by atoms with Gasteiger partial charge in [-0.25, -0.2) is 9.37 Å². The summed E-state index contributed by atoms with van der Waals surface area (Å²) in [6.45, 7) is 0.570. The van der Waals surface area contributed by atoms with Gasteiger partial charge < -0.3 is 19.7 Å². The Bertz CT molecular complexity index is 871. The SMILES string of the molecule is O=C1COc2ncc(C(=O)N3CCOc4cccc(F)c4C3)cc2N1. The minimum absolute atomic E-state index is 0.0980. The Labute approximate surface area is 142 Å². The van der Waals surface area contributed by atoms with Crippen LogP contribution in [0, 0.1) is 5.82 Å². The second kappa shape index (κ2) is 6.04. The van der Waals surface area contributed by atoms with Gasteiger partial charge in [0.05, 0.1) is 18.7 Å². The van der Waals surface area contributed by atoms with Crippen LogP contribution in [0.5, 0.6) is 11.6 Å². The van der Waals surface area contributed by atoms with Gasteiger partial charge in [-0.05, 0) is 18.2 Å². The maximum absolute atomic E-state index is 14.1. The standard InChI is InChI=1S/C17H14FN3O4/c18-12-2-1-3-14-11(12)8-21(4-5-24-14)17(23)10-6-13-16(19-7-10)25-9-15(22)20-13/h1-3,6-7H,4-5,8-9H2,(H,20,22). The van der Waals surface area contributed by atoms with Crippen molar-refractivity contribution in [1.29, 1.82) is 0 Å². The topological polar surface area (TPSA) is 80.8 Å². The number of nitrogens with one attached hydrogen (secondary N) is 1. The van der Waals surface area contributed by atoms with E-state index in [-0.39, 0.29) is 43.0 Å². The van der Waals surface area contributed by atoms with Crippen molar-refractivity contribution >= 4 is 17.5 Å². The van der Waals surface area contributed by atoms with E-state index in [1.54, 1.807) is 12.1 Å². The summed E-state index contributed by atoms with van der Waals surface area (Å²) in [5.41, 5.74) is 0.972. The normalized spacial score (nSPS) is 15.9. The first kappa shape index (κ1) is 15.4. The number of hydrogen-bond donors (Lipinski definition) is 1. The molecular weight excluding hydrogens is 329 g/mol. The lowest BCUT2D eigenvalue weighted by Gasteiger charge is -2.21. The van der Waals surface area contributed by atoms with Crippen molar-refractivity contribution in [2.45, 2.75) is 6.54 Å². The largest absolute Gasteiger partial charge is 0.491 e. The van der Waals surface area contributed by atoms with Crippen LogP contribution < -0.4 is 14.8 Å². The quantitative estimate of drug-likeness (QED) is 0.850. The number of fused-ring (bicyclic) bond motifs is 2. The van der Waals surface area contributed by atoms with Gasteiger partial charge in [0.2, 0.25) is 5.88 Å². The molecule has 25 heavy (non-hydrogen) atoms. The Kier molecular flexibility index (Phi) is 3.72. The average Bonchev–Trinajstić information content (AvgIpc) is 2.84. The molecule has 0 radical (unpaired) electrons. The number of rotatable bonds is 1. The number of ether oxygens (including phenoxy) is 2. The van der Waals surface area contributed by atoms with Crippen molar-refractivity contribution < 1.29 is 23.5 Å². The number of benzene rings is 1. The van der Waals surface area contributed by atoms with Gasteiger partial charge >= 0.3 is 0 Å². The third-order valence-electron chi connectivity index (χ3n) is 4.04. The lowest BCUT2D eigenvalue weighted by molar-refractivity contribution is -0.118. The summed E-state index contributed by atoms with van der Waals surface area (Å²) >= 11 is 0. The minimum atomic E-state index is -0.415. The molecule has 1 aromatic heterocycles. The molecule has 3 heterocycles. The van der Waals surface area contributed by atoms with Crippen LogP contribution >= 0.6 is 0 Å². The summed E-state index contributed by atoms with van der Waals surface area (Å²) in [5, 5.41) is 2.61. The molecule has 0 bridgehead atoms. The molecule has 2 aliphatic rings. The number of halogens is 1. The van der Waals surface area contributed by atoms with Crippen LogP contribution in [0.15, 0.2) is 30.5 Å². The molecule has 4 rings (SSSR count). The van der Waals surface area contributed by atoms with E-state index in [0.717, 1.165) is 0 Å². The van der Waals surface area contributed by atoms with Gasteiger partial charge in [-0.1, -0.05) is 6.07 Å². The summed E-state index contributed by atoms with van der Waals surface area (Å²) in [6.07, 6.45) is 1.38. The molecule has 1 N–H and O–H groups in total. The number of pyridine rings is 1. The Morgan fingerprint density at radius 3 is 3.08 bits per heavy atom. The van der Waals surface area contributed by atoms with Crippen molar-refractivity contribution in [1.82, 2.24) is 9.88 Å². The number of aromatic nitrogens is 1. The van der Waals surface area contributed by atoms with Gasteiger partial charge in [-0.2, -0.15) is 0 Å². The highest BCUT2D eigenvalue weighted by atomic mass is 19.1. The number of hydrogen-bond acceptors (Lipinski definition) is 5. The first-order valence-electron chi connectivity index (χ1n) is 7.74. The van der Waals surface area contributed by atoms with Crippen molar-refractivity contribution in [2.75, 3.05) is 25.1 Å². The molecule has 0 unspecified atom stereocenters. The van der Waals surface area contributed by atoms with Crippen molar-refractivity contribution in [2.24, 2.45) is 0 Å². The number of carbonyl (C=O) groups is 2. The summed E-state index contributed by atoms with van der Waals surface area (Å²) in [4.78, 5) is 29.8. The predicted molar refractivity (Wildman–Crippen MR) is 85.0 cm³/mol. The highest BCUT2D eigenvalue weighted by Gasteiger charge is 2.25. The number of nitrogens with zero attached hydrogens (tertiary/aromatic N) is 2. The van der Waals surface area contributed by atoms with Crippen LogP contribution in [0.2, 0.25) is 0 Å². The third-order valence-corrected chi connectivity index (χ3v) is 4.04. The Morgan fingerprint density at radius 1 is 1.32 bits per heavy atom. The van der Waals surface area contributed by atoms with E-state index in [1.165, 1.54) is 23.2 Å². The van der Waals surface area contributed by atoms with Crippen LogP contribution in [0.3, 0.4) is 0 Å². The maximum Gasteiger partial charge on any atom is 0.262 e. The average molecular weight is 343 g/mol. The summed E-state index contributed by atoms with van der Waals surface area (Å²) in [5.74, 6) is -0.333. The molecule has 2 aromatic rings. The fraction of sp³-hybridized carbons (Fsp3) is 0.235. The van der Waals surface area contributed by atoms with E-state index >= 15 is 0 Å². The number of amides is 2. The van der Waals surface area contributed by atoms with E-state index in [0.29, 0.717) is 23.5 Å². The lowest BCUT2D eigenvalue weighted by Crippen LogP contribution is -2.33. The molecule has 2 amide bonds. The summed E-state index contributed by atoms with van der Waals surface area (Å²) in [7, 11) is 0. The fourth-order valence-electron chi connectivity index (χ4n) is 2.81. The number of carbonyl (C=O) groups excluding carboxylic acids is 2. The zero-order valence-corrected chi connectivity index (χ0v) is 13.1. The lowest BCUT2D eigenvalue weighted by atomic mass is 10.1. The third kappa shape index (κ3) is 2.86. The minimum Gasteiger partial charge on any atom is -0.491 e. The fourth-order valence-corrected chi connectivity index (χ4v) is 2.81. The Balaban J connectivity index is 1.62. The highest BCUT2D eigenvalue weighted by molar-refractivity contribution is 5.99. The molecule has 2 aliphatic heterocycles. The first-order valence-corrected chi connectivity index (χ1v) is 7.74. The smallest absolute Gasteiger partial charge is 0.262 e. The first-order chi connectivity index (χ1) is 12.1. The monoisotopic (exact) mass is 343 g/mol. The number of anilines is 1. The van der Waals surface area contributed by atoms with Gasteiger partial charge in [0.15, 0.2) is 6.61 Å². The Hall–Kier alpha value is -3.16. The van der Waals surface area contributed by atoms with Crippen LogP contribution in [0.4, 0.5) is 10.1 Å². The van der Waals surface area contributed by atoms with E-state index in [9.17, 15) is 14.0 Å². The van der Waals surface area contributed by atoms with Crippen molar-refractivity contribution in [3.05, 3.63) is 47.4 Å². The summed E-state index contributed by atoms with van der Waals surface area (Å²) < 4.78 is 24.8. The van der Waals surface area contributed by atoms with Crippen molar-refractivity contribution in [3.63, 3.8) is 0 Å². The molecule has 0 fully saturated rings. The molecule has 0 saturated heterocycles. The van der Waals surface area contributed by atoms with Gasteiger partial charge in [0.1, 0.15) is 23.9 Å². The molecule has 0 saturated carbocycles. The summed E-state index contributed by atoms with van der Waals surface area (Å²) in [6, 6.07) is 6.10. The maximum atomic E-state index is 14.1. The van der Waals surface area contributed by atoms with Crippen molar-refractivity contribution in [3.8, 4) is 11.6 Å². The molecule has 128 valence electrons. The van der Waals surface area contributed by atoms with E-state index < -0.39 is 5.82 Å². The molecule has 0 aliphatic carbocycles. The van der Waals surface area contributed by atoms with E-state index in [2.05, 4.69) is 10.3 Å². The van der Waals surface area contributed by atoms with Gasteiger partial charge in [0.25, 0.3) is 11.8 Å². The zero-order valence-electron chi connectivity index (χ0n) is 13.1.